The maximum Gasteiger partial charge on any atom is 0.149 e. The van der Waals surface area contributed by atoms with Crippen molar-refractivity contribution < 1.29 is 15.0 Å². The Morgan fingerprint density at radius 1 is 1.07 bits per heavy atom. The largest absolute Gasteiger partial charge is 0.389 e. The topological polar surface area (TPSA) is 60.8 Å². The number of hydrogen-bond donors (Lipinski definition) is 2. The highest BCUT2D eigenvalue weighted by Gasteiger charge is 2.36. The standard InChI is InChI=1S/C11H19NO3/c13-9-5-3-1-2-4-8(9)12-6-10(14)11(15)7-12/h8,10-11,14-15H,1-7H2. The zero-order chi connectivity index (χ0) is 10.8. The summed E-state index contributed by atoms with van der Waals surface area (Å²) in [6.07, 6.45) is 3.39. The quantitative estimate of drug-likeness (QED) is 0.598. The SMILES string of the molecule is O=C1CCCCCC1N1CC(O)C(O)C1. The lowest BCUT2D eigenvalue weighted by atomic mass is 10.1. The summed E-state index contributed by atoms with van der Waals surface area (Å²) in [5.41, 5.74) is 0. The maximum atomic E-state index is 11.8. The van der Waals surface area contributed by atoms with Crippen molar-refractivity contribution in [2.45, 2.75) is 50.4 Å². The van der Waals surface area contributed by atoms with Crippen LogP contribution < -0.4 is 0 Å². The summed E-state index contributed by atoms with van der Waals surface area (Å²) in [6.45, 7) is 0.884. The van der Waals surface area contributed by atoms with Gasteiger partial charge in [0.15, 0.2) is 0 Å². The van der Waals surface area contributed by atoms with Gasteiger partial charge in [0.25, 0.3) is 0 Å². The molecule has 3 unspecified atom stereocenters. The van der Waals surface area contributed by atoms with Crippen LogP contribution in [0.2, 0.25) is 0 Å². The van der Waals surface area contributed by atoms with E-state index >= 15 is 0 Å². The number of β-amino-alcohol motifs (C(OH)–C–C–N with tert-alkyl or cyclic N) is 2. The van der Waals surface area contributed by atoms with E-state index in [1.807, 2.05) is 4.90 Å². The molecule has 0 radical (unpaired) electrons. The van der Waals surface area contributed by atoms with E-state index < -0.39 is 12.2 Å². The third-order valence-electron chi connectivity index (χ3n) is 3.50. The van der Waals surface area contributed by atoms with Crippen molar-refractivity contribution in [1.82, 2.24) is 4.90 Å². The number of likely N-dealkylation sites (tertiary alicyclic amines) is 1. The van der Waals surface area contributed by atoms with Crippen LogP contribution in [-0.4, -0.2) is 52.2 Å². The second-order valence-electron chi connectivity index (χ2n) is 4.67. The second-order valence-corrected chi connectivity index (χ2v) is 4.67. The first kappa shape index (κ1) is 11.0. The fourth-order valence-electron chi connectivity index (χ4n) is 2.58. The van der Waals surface area contributed by atoms with Crippen molar-refractivity contribution in [2.24, 2.45) is 0 Å². The Kier molecular flexibility index (Phi) is 3.38. The average Bonchev–Trinajstić information content (AvgIpc) is 2.41. The minimum Gasteiger partial charge on any atom is -0.389 e. The Bertz CT molecular complexity index is 234. The van der Waals surface area contributed by atoms with Gasteiger partial charge in [0.05, 0.1) is 18.2 Å². The number of nitrogens with zero attached hydrogens (tertiary/aromatic N) is 1. The van der Waals surface area contributed by atoms with Gasteiger partial charge in [-0.05, 0) is 12.8 Å². The number of aliphatic hydroxyl groups excluding tert-OH is 2. The minimum atomic E-state index is -0.680. The number of rotatable bonds is 1. The molecule has 1 saturated carbocycles. The maximum absolute atomic E-state index is 11.8. The zero-order valence-electron chi connectivity index (χ0n) is 8.93. The van der Waals surface area contributed by atoms with Gasteiger partial charge in [-0.3, -0.25) is 9.69 Å². The number of hydrogen-bond acceptors (Lipinski definition) is 4. The van der Waals surface area contributed by atoms with Gasteiger partial charge in [-0.15, -0.1) is 0 Å². The van der Waals surface area contributed by atoms with Crippen LogP contribution >= 0.6 is 0 Å². The molecule has 86 valence electrons. The highest BCUT2D eigenvalue weighted by molar-refractivity contribution is 5.84. The summed E-state index contributed by atoms with van der Waals surface area (Å²) in [7, 11) is 0. The highest BCUT2D eigenvalue weighted by atomic mass is 16.3. The first-order chi connectivity index (χ1) is 7.18. The Balaban J connectivity index is 1.99. The number of ketones is 1. The van der Waals surface area contributed by atoms with Crippen LogP contribution in [0.25, 0.3) is 0 Å². The Morgan fingerprint density at radius 3 is 2.40 bits per heavy atom. The van der Waals surface area contributed by atoms with E-state index in [1.165, 1.54) is 0 Å². The predicted molar refractivity (Wildman–Crippen MR) is 55.5 cm³/mol. The lowest BCUT2D eigenvalue weighted by molar-refractivity contribution is -0.123. The van der Waals surface area contributed by atoms with E-state index in [-0.39, 0.29) is 11.8 Å². The molecule has 2 aliphatic rings. The predicted octanol–water partition coefficient (Wildman–Crippen LogP) is -0.0744. The second kappa shape index (κ2) is 4.60. The van der Waals surface area contributed by atoms with Gasteiger partial charge in [0, 0.05) is 19.5 Å². The Hall–Kier alpha value is -0.450. The molecule has 4 nitrogen and oxygen atoms in total. The third kappa shape index (κ3) is 2.38. The molecule has 1 heterocycles. The van der Waals surface area contributed by atoms with Crippen LogP contribution in [0, 0.1) is 0 Å². The molecule has 0 bridgehead atoms. The van der Waals surface area contributed by atoms with E-state index in [0.29, 0.717) is 19.5 Å². The van der Waals surface area contributed by atoms with Crippen LogP contribution in [-0.2, 0) is 4.79 Å². The molecular weight excluding hydrogens is 194 g/mol. The molecule has 4 heteroatoms. The molecular formula is C11H19NO3. The van der Waals surface area contributed by atoms with Gasteiger partial charge < -0.3 is 10.2 Å². The molecule has 0 aromatic rings. The van der Waals surface area contributed by atoms with E-state index in [2.05, 4.69) is 0 Å². The van der Waals surface area contributed by atoms with Crippen molar-refractivity contribution in [3.8, 4) is 0 Å². The van der Waals surface area contributed by atoms with Gasteiger partial charge in [0.1, 0.15) is 5.78 Å². The van der Waals surface area contributed by atoms with Crippen LogP contribution in [0.4, 0.5) is 0 Å². The molecule has 2 fully saturated rings. The first-order valence-corrected chi connectivity index (χ1v) is 5.81. The average molecular weight is 213 g/mol. The van der Waals surface area contributed by atoms with Gasteiger partial charge in [-0.25, -0.2) is 0 Å². The molecule has 0 amide bonds. The fourth-order valence-corrected chi connectivity index (χ4v) is 2.58. The van der Waals surface area contributed by atoms with Crippen LogP contribution in [0.5, 0.6) is 0 Å². The highest BCUT2D eigenvalue weighted by Crippen LogP contribution is 2.23. The Labute approximate surface area is 89.9 Å². The lowest BCUT2D eigenvalue weighted by Crippen LogP contribution is -2.39. The molecule has 2 N–H and O–H groups in total. The van der Waals surface area contributed by atoms with Crippen LogP contribution in [0.3, 0.4) is 0 Å². The first-order valence-electron chi connectivity index (χ1n) is 5.81. The van der Waals surface area contributed by atoms with Crippen LogP contribution in [0.1, 0.15) is 32.1 Å². The van der Waals surface area contributed by atoms with Crippen molar-refractivity contribution in [2.75, 3.05) is 13.1 Å². The van der Waals surface area contributed by atoms with Crippen molar-refractivity contribution >= 4 is 5.78 Å². The van der Waals surface area contributed by atoms with Gasteiger partial charge in [-0.1, -0.05) is 12.8 Å². The normalized spacial score (nSPS) is 39.3. The molecule has 15 heavy (non-hydrogen) atoms. The zero-order valence-corrected chi connectivity index (χ0v) is 8.93. The lowest BCUT2D eigenvalue weighted by Gasteiger charge is -2.24. The van der Waals surface area contributed by atoms with Crippen molar-refractivity contribution in [3.05, 3.63) is 0 Å². The third-order valence-corrected chi connectivity index (χ3v) is 3.50. The monoisotopic (exact) mass is 213 g/mol. The molecule has 2 rings (SSSR count). The van der Waals surface area contributed by atoms with E-state index in [0.717, 1.165) is 25.7 Å². The Morgan fingerprint density at radius 2 is 1.73 bits per heavy atom. The number of Topliss-reactive ketones (excluding diaryl/α,β-unsaturated/α-hetero) is 1. The molecule has 0 spiro atoms. The van der Waals surface area contributed by atoms with Crippen LogP contribution in [0.15, 0.2) is 0 Å². The molecule has 3 atom stereocenters. The number of carbonyl (C=O) groups excluding carboxylic acids is 1. The number of carbonyl (C=O) groups is 1. The summed E-state index contributed by atoms with van der Waals surface area (Å²) in [5.74, 6) is 0.286. The molecule has 1 saturated heterocycles. The van der Waals surface area contributed by atoms with Gasteiger partial charge in [0.2, 0.25) is 0 Å². The molecule has 0 aromatic heterocycles. The van der Waals surface area contributed by atoms with Crippen molar-refractivity contribution in [1.29, 1.82) is 0 Å². The fraction of sp³-hybridized carbons (Fsp3) is 0.909. The van der Waals surface area contributed by atoms with Crippen molar-refractivity contribution in [3.63, 3.8) is 0 Å². The van der Waals surface area contributed by atoms with E-state index in [4.69, 9.17) is 0 Å². The summed E-state index contributed by atoms with van der Waals surface area (Å²) in [6, 6.07) is -0.0562. The molecule has 1 aliphatic carbocycles. The van der Waals surface area contributed by atoms with E-state index in [9.17, 15) is 15.0 Å². The molecule has 1 aliphatic heterocycles. The van der Waals surface area contributed by atoms with Gasteiger partial charge in [-0.2, -0.15) is 0 Å². The molecule has 0 aromatic carbocycles. The summed E-state index contributed by atoms with van der Waals surface area (Å²) in [4.78, 5) is 13.8. The van der Waals surface area contributed by atoms with E-state index in [1.54, 1.807) is 0 Å². The smallest absolute Gasteiger partial charge is 0.149 e. The summed E-state index contributed by atoms with van der Waals surface area (Å²) in [5, 5.41) is 18.9. The summed E-state index contributed by atoms with van der Waals surface area (Å²) >= 11 is 0. The van der Waals surface area contributed by atoms with Gasteiger partial charge >= 0.3 is 0 Å². The summed E-state index contributed by atoms with van der Waals surface area (Å²) < 4.78 is 0. The minimum absolute atomic E-state index is 0.0562. The number of aliphatic hydroxyl groups is 2.